The van der Waals surface area contributed by atoms with Gasteiger partial charge in [0.05, 0.1) is 29.0 Å². The van der Waals surface area contributed by atoms with Crippen LogP contribution in [0.3, 0.4) is 0 Å². The maximum absolute atomic E-state index is 11.9. The van der Waals surface area contributed by atoms with Crippen molar-refractivity contribution in [1.82, 2.24) is 5.32 Å². The lowest BCUT2D eigenvalue weighted by Crippen LogP contribution is -2.50. The predicted molar refractivity (Wildman–Crippen MR) is 67.8 cm³/mol. The maximum Gasteiger partial charge on any atom is 0.405 e. The maximum atomic E-state index is 11.9. The number of hydrogen-bond donors (Lipinski definition) is 4. The molecule has 7 nitrogen and oxygen atoms in total. The minimum Gasteiger partial charge on any atom is -0.465 e. The molecule has 1 aliphatic rings. The first-order valence-corrected chi connectivity index (χ1v) is 5.62. The molecule has 2 atom stereocenters. The number of hydrogen-bond acceptors (Lipinski definition) is 4. The van der Waals surface area contributed by atoms with Crippen molar-refractivity contribution in [3.8, 4) is 6.07 Å². The van der Waals surface area contributed by atoms with Gasteiger partial charge in [0.25, 0.3) is 0 Å². The fourth-order valence-corrected chi connectivity index (χ4v) is 1.93. The summed E-state index contributed by atoms with van der Waals surface area (Å²) in [5.74, 6) is -0.439. The van der Waals surface area contributed by atoms with E-state index in [2.05, 4.69) is 16.0 Å². The Kier molecular flexibility index (Phi) is 3.25. The molecular formula is C12H12N4O3. The van der Waals surface area contributed by atoms with Crippen molar-refractivity contribution in [3.05, 3.63) is 23.8 Å². The van der Waals surface area contributed by atoms with Gasteiger partial charge in [0.15, 0.2) is 0 Å². The largest absolute Gasteiger partial charge is 0.465 e. The molecule has 0 bridgehead atoms. The Morgan fingerprint density at radius 3 is 2.84 bits per heavy atom. The fourth-order valence-electron chi connectivity index (χ4n) is 1.93. The number of rotatable bonds is 1. The molecule has 0 aromatic heterocycles. The molecule has 2 rings (SSSR count). The Morgan fingerprint density at radius 1 is 1.47 bits per heavy atom. The molecule has 0 aliphatic carbocycles. The van der Waals surface area contributed by atoms with E-state index in [4.69, 9.17) is 10.4 Å². The number of nitrogens with one attached hydrogen (secondary N) is 3. The van der Waals surface area contributed by atoms with Gasteiger partial charge in [-0.05, 0) is 25.1 Å². The van der Waals surface area contributed by atoms with E-state index in [1.165, 1.54) is 0 Å². The Labute approximate surface area is 109 Å². The second kappa shape index (κ2) is 4.86. The minimum absolute atomic E-state index is 0.439. The highest BCUT2D eigenvalue weighted by Gasteiger charge is 2.30. The standard InChI is InChI=1S/C12H12N4O3/c1-6-10(16-12(18)19)11(17)15-8-3-2-7(5-13)4-9(8)14-6/h2-4,6,10,14,16H,1H3,(H,15,17)(H,18,19)/t6-,10-/m0/s1. The zero-order chi connectivity index (χ0) is 14.0. The summed E-state index contributed by atoms with van der Waals surface area (Å²) in [4.78, 5) is 22.6. The number of carboxylic acid groups (broad SMARTS) is 1. The van der Waals surface area contributed by atoms with E-state index in [-0.39, 0.29) is 0 Å². The van der Waals surface area contributed by atoms with Gasteiger partial charge in [0.1, 0.15) is 6.04 Å². The van der Waals surface area contributed by atoms with E-state index in [1.807, 2.05) is 6.07 Å². The average molecular weight is 260 g/mol. The first kappa shape index (κ1) is 12.7. The Bertz CT molecular complexity index is 579. The summed E-state index contributed by atoms with van der Waals surface area (Å²) < 4.78 is 0. The van der Waals surface area contributed by atoms with E-state index in [0.29, 0.717) is 16.9 Å². The van der Waals surface area contributed by atoms with Crippen LogP contribution in [0.4, 0.5) is 16.2 Å². The molecule has 19 heavy (non-hydrogen) atoms. The van der Waals surface area contributed by atoms with Crippen molar-refractivity contribution in [2.24, 2.45) is 0 Å². The predicted octanol–water partition coefficient (Wildman–Crippen LogP) is 0.947. The molecular weight excluding hydrogens is 248 g/mol. The lowest BCUT2D eigenvalue weighted by Gasteiger charge is -2.20. The molecule has 98 valence electrons. The lowest BCUT2D eigenvalue weighted by molar-refractivity contribution is -0.118. The van der Waals surface area contributed by atoms with Crippen LogP contribution in [-0.2, 0) is 4.79 Å². The second-order valence-corrected chi connectivity index (χ2v) is 4.22. The molecule has 0 unspecified atom stereocenters. The van der Waals surface area contributed by atoms with Gasteiger partial charge in [-0.2, -0.15) is 5.26 Å². The number of amides is 2. The number of fused-ring (bicyclic) bond motifs is 1. The second-order valence-electron chi connectivity index (χ2n) is 4.22. The third-order valence-electron chi connectivity index (χ3n) is 2.85. The van der Waals surface area contributed by atoms with Crippen LogP contribution >= 0.6 is 0 Å². The normalized spacial score (nSPS) is 21.2. The van der Waals surface area contributed by atoms with Crippen LogP contribution in [0.15, 0.2) is 18.2 Å². The summed E-state index contributed by atoms with van der Waals surface area (Å²) in [7, 11) is 0. The average Bonchev–Trinajstić information content (AvgIpc) is 2.47. The first-order valence-electron chi connectivity index (χ1n) is 5.62. The van der Waals surface area contributed by atoms with Gasteiger partial charge in [-0.25, -0.2) is 4.79 Å². The summed E-state index contributed by atoms with van der Waals surface area (Å²) >= 11 is 0. The molecule has 1 aliphatic heterocycles. The van der Waals surface area contributed by atoms with Crippen LogP contribution < -0.4 is 16.0 Å². The highest BCUT2D eigenvalue weighted by Crippen LogP contribution is 2.27. The van der Waals surface area contributed by atoms with Crippen LogP contribution in [0.5, 0.6) is 0 Å². The van der Waals surface area contributed by atoms with Crippen molar-refractivity contribution in [2.75, 3.05) is 10.6 Å². The van der Waals surface area contributed by atoms with Gasteiger partial charge in [-0.15, -0.1) is 0 Å². The molecule has 0 radical (unpaired) electrons. The van der Waals surface area contributed by atoms with E-state index in [0.717, 1.165) is 0 Å². The molecule has 0 saturated heterocycles. The quantitative estimate of drug-likeness (QED) is 0.600. The van der Waals surface area contributed by atoms with Crippen LogP contribution in [0.2, 0.25) is 0 Å². The van der Waals surface area contributed by atoms with Gasteiger partial charge in [0.2, 0.25) is 5.91 Å². The molecule has 1 heterocycles. The number of benzene rings is 1. The Balaban J connectivity index is 2.33. The SMILES string of the molecule is C[C@@H]1Nc2cc(C#N)ccc2NC(=O)[C@H]1NC(=O)O. The van der Waals surface area contributed by atoms with E-state index >= 15 is 0 Å². The van der Waals surface area contributed by atoms with E-state index in [9.17, 15) is 9.59 Å². The summed E-state index contributed by atoms with van der Waals surface area (Å²) in [6.07, 6.45) is -1.27. The van der Waals surface area contributed by atoms with E-state index < -0.39 is 24.1 Å². The zero-order valence-corrected chi connectivity index (χ0v) is 10.1. The van der Waals surface area contributed by atoms with Crippen LogP contribution in [0, 0.1) is 11.3 Å². The third-order valence-corrected chi connectivity index (χ3v) is 2.85. The number of anilines is 2. The van der Waals surface area contributed by atoms with Gasteiger partial charge >= 0.3 is 6.09 Å². The number of nitrogens with zero attached hydrogens (tertiary/aromatic N) is 1. The van der Waals surface area contributed by atoms with Crippen LogP contribution in [0.1, 0.15) is 12.5 Å². The minimum atomic E-state index is -1.27. The number of carbonyl (C=O) groups is 2. The molecule has 7 heteroatoms. The van der Waals surface area contributed by atoms with Crippen molar-refractivity contribution in [3.63, 3.8) is 0 Å². The smallest absolute Gasteiger partial charge is 0.405 e. The lowest BCUT2D eigenvalue weighted by atomic mass is 10.1. The summed E-state index contributed by atoms with van der Waals surface area (Å²) in [5, 5.41) is 25.4. The summed E-state index contributed by atoms with van der Waals surface area (Å²) in [6.45, 7) is 1.69. The third kappa shape index (κ3) is 2.57. The van der Waals surface area contributed by atoms with Gasteiger partial charge in [0, 0.05) is 0 Å². The fraction of sp³-hybridized carbons (Fsp3) is 0.250. The Hall–Kier alpha value is -2.75. The van der Waals surface area contributed by atoms with Crippen LogP contribution in [-0.4, -0.2) is 29.2 Å². The molecule has 4 N–H and O–H groups in total. The summed E-state index contributed by atoms with van der Waals surface area (Å²) in [6, 6.07) is 5.45. The monoisotopic (exact) mass is 260 g/mol. The molecule has 0 spiro atoms. The summed E-state index contributed by atoms with van der Waals surface area (Å²) in [5.41, 5.74) is 1.57. The Morgan fingerprint density at radius 2 is 2.21 bits per heavy atom. The molecule has 2 amide bonds. The van der Waals surface area contributed by atoms with E-state index in [1.54, 1.807) is 25.1 Å². The first-order chi connectivity index (χ1) is 9.01. The molecule has 0 fully saturated rings. The van der Waals surface area contributed by atoms with Crippen molar-refractivity contribution in [2.45, 2.75) is 19.0 Å². The van der Waals surface area contributed by atoms with Gasteiger partial charge < -0.3 is 21.1 Å². The highest BCUT2D eigenvalue weighted by molar-refractivity contribution is 6.01. The topological polar surface area (TPSA) is 114 Å². The number of nitriles is 1. The van der Waals surface area contributed by atoms with Crippen molar-refractivity contribution in [1.29, 1.82) is 5.26 Å². The van der Waals surface area contributed by atoms with Crippen molar-refractivity contribution < 1.29 is 14.7 Å². The molecule has 1 aromatic rings. The highest BCUT2D eigenvalue weighted by atomic mass is 16.4. The zero-order valence-electron chi connectivity index (χ0n) is 10.1. The molecule has 1 aromatic carbocycles. The number of carbonyl (C=O) groups excluding carboxylic acids is 1. The van der Waals surface area contributed by atoms with Crippen molar-refractivity contribution >= 4 is 23.4 Å². The van der Waals surface area contributed by atoms with Gasteiger partial charge in [-0.1, -0.05) is 0 Å². The van der Waals surface area contributed by atoms with Crippen LogP contribution in [0.25, 0.3) is 0 Å². The molecule has 0 saturated carbocycles. The van der Waals surface area contributed by atoms with Gasteiger partial charge in [-0.3, -0.25) is 4.79 Å².